The molecule has 0 amide bonds. The molecule has 2 saturated carbocycles. The summed E-state index contributed by atoms with van der Waals surface area (Å²) in [7, 11) is 0. The monoisotopic (exact) mass is 267 g/mol. The van der Waals surface area contributed by atoms with Gasteiger partial charge >= 0.3 is 5.97 Å². The highest BCUT2D eigenvalue weighted by Gasteiger charge is 2.46. The lowest BCUT2D eigenvalue weighted by Crippen LogP contribution is -2.53. The molecule has 2 fully saturated rings. The zero-order valence-corrected chi connectivity index (χ0v) is 12.6. The average Bonchev–Trinajstić information content (AvgIpc) is 2.36. The third-order valence-electron chi connectivity index (χ3n) is 5.79. The molecule has 0 radical (unpaired) electrons. The fraction of sp³-hybridized carbons (Fsp3) is 0.938. The van der Waals surface area contributed by atoms with Gasteiger partial charge in [-0.05, 0) is 37.0 Å². The van der Waals surface area contributed by atoms with Crippen molar-refractivity contribution in [2.24, 2.45) is 17.3 Å². The third kappa shape index (κ3) is 3.13. The van der Waals surface area contributed by atoms with Crippen molar-refractivity contribution in [1.29, 1.82) is 0 Å². The summed E-state index contributed by atoms with van der Waals surface area (Å²) in [5, 5.41) is 13.2. The van der Waals surface area contributed by atoms with Gasteiger partial charge in [-0.15, -0.1) is 0 Å². The summed E-state index contributed by atoms with van der Waals surface area (Å²) in [6.07, 6.45) is 8.50. The Bertz CT molecular complexity index is 321. The van der Waals surface area contributed by atoms with Crippen molar-refractivity contribution in [1.82, 2.24) is 5.32 Å². The molecule has 2 N–H and O–H groups in total. The molecule has 3 heteroatoms. The van der Waals surface area contributed by atoms with Crippen LogP contribution < -0.4 is 5.32 Å². The molecule has 0 aromatic rings. The lowest BCUT2D eigenvalue weighted by atomic mass is 9.61. The maximum atomic E-state index is 11.4. The Balaban J connectivity index is 1.98. The van der Waals surface area contributed by atoms with Crippen LogP contribution in [-0.4, -0.2) is 23.2 Å². The molecule has 0 heterocycles. The van der Waals surface area contributed by atoms with E-state index in [9.17, 15) is 9.90 Å². The van der Waals surface area contributed by atoms with Crippen LogP contribution in [0.4, 0.5) is 0 Å². The Morgan fingerprint density at radius 1 is 1.11 bits per heavy atom. The summed E-state index contributed by atoms with van der Waals surface area (Å²) in [6, 6.07) is 1.16. The molecule has 0 aromatic heterocycles. The second-order valence-corrected chi connectivity index (χ2v) is 7.19. The average molecular weight is 267 g/mol. The van der Waals surface area contributed by atoms with Gasteiger partial charge < -0.3 is 10.4 Å². The van der Waals surface area contributed by atoms with Gasteiger partial charge in [0.15, 0.2) is 0 Å². The summed E-state index contributed by atoms with van der Waals surface area (Å²) in [5.41, 5.74) is -0.115. The quantitative estimate of drug-likeness (QED) is 0.823. The smallest absolute Gasteiger partial charge is 0.307 e. The number of nitrogens with one attached hydrogen (secondary N) is 1. The minimum atomic E-state index is -0.618. The van der Waals surface area contributed by atoms with Crippen LogP contribution in [0.15, 0.2) is 0 Å². The fourth-order valence-electron chi connectivity index (χ4n) is 4.05. The van der Waals surface area contributed by atoms with Crippen LogP contribution in [0.1, 0.15) is 65.7 Å². The summed E-state index contributed by atoms with van der Waals surface area (Å²) >= 11 is 0. The highest BCUT2D eigenvalue weighted by Crippen LogP contribution is 2.45. The largest absolute Gasteiger partial charge is 0.481 e. The first-order valence-corrected chi connectivity index (χ1v) is 7.91. The Hall–Kier alpha value is -0.570. The van der Waals surface area contributed by atoms with E-state index < -0.39 is 5.97 Å². The molecule has 110 valence electrons. The second-order valence-electron chi connectivity index (χ2n) is 7.19. The highest BCUT2D eigenvalue weighted by atomic mass is 16.4. The van der Waals surface area contributed by atoms with Gasteiger partial charge in [0.05, 0.1) is 5.92 Å². The van der Waals surface area contributed by atoms with Crippen LogP contribution >= 0.6 is 0 Å². The molecule has 3 nitrogen and oxygen atoms in total. The molecule has 0 spiro atoms. The summed E-state index contributed by atoms with van der Waals surface area (Å²) in [4.78, 5) is 11.4. The normalized spacial score (nSPS) is 36.1. The van der Waals surface area contributed by atoms with Crippen LogP contribution in [0.25, 0.3) is 0 Å². The number of carboxylic acid groups (broad SMARTS) is 1. The van der Waals surface area contributed by atoms with E-state index >= 15 is 0 Å². The Morgan fingerprint density at radius 2 is 1.74 bits per heavy atom. The van der Waals surface area contributed by atoms with Crippen molar-refractivity contribution in [3.05, 3.63) is 0 Å². The van der Waals surface area contributed by atoms with E-state index in [1.165, 1.54) is 32.1 Å². The molecule has 2 rings (SSSR count). The molecule has 0 aliphatic heterocycles. The van der Waals surface area contributed by atoms with Gasteiger partial charge in [0, 0.05) is 12.1 Å². The molecule has 0 bridgehead atoms. The summed E-state index contributed by atoms with van der Waals surface area (Å²) in [5.74, 6) is -0.385. The number of hydrogen-bond acceptors (Lipinski definition) is 2. The van der Waals surface area contributed by atoms with Gasteiger partial charge in [0.2, 0.25) is 0 Å². The molecule has 0 saturated heterocycles. The van der Waals surface area contributed by atoms with Crippen molar-refractivity contribution < 1.29 is 9.90 Å². The van der Waals surface area contributed by atoms with Gasteiger partial charge in [-0.1, -0.05) is 40.0 Å². The van der Waals surface area contributed by atoms with Crippen LogP contribution in [0.2, 0.25) is 0 Å². The van der Waals surface area contributed by atoms with E-state index in [-0.39, 0.29) is 11.3 Å². The lowest BCUT2D eigenvalue weighted by molar-refractivity contribution is -0.150. The van der Waals surface area contributed by atoms with Gasteiger partial charge in [0.1, 0.15) is 0 Å². The molecule has 2 aliphatic rings. The maximum Gasteiger partial charge on any atom is 0.307 e. The molecule has 0 aromatic carbocycles. The summed E-state index contributed by atoms with van der Waals surface area (Å²) in [6.45, 7) is 6.49. The standard InChI is InChI=1S/C16H29NO2/c1-11-14(17-12-7-5-4-6-8-12)10-9-13(15(18)19)16(11,2)3/h11-14,17H,4-10H2,1-3H3,(H,18,19). The van der Waals surface area contributed by atoms with E-state index in [4.69, 9.17) is 0 Å². The molecular formula is C16H29NO2. The van der Waals surface area contributed by atoms with Crippen LogP contribution in [0.3, 0.4) is 0 Å². The van der Waals surface area contributed by atoms with E-state index in [2.05, 4.69) is 26.1 Å². The first-order chi connectivity index (χ1) is 8.93. The van der Waals surface area contributed by atoms with E-state index in [0.717, 1.165) is 12.8 Å². The lowest BCUT2D eigenvalue weighted by Gasteiger charge is -2.47. The zero-order chi connectivity index (χ0) is 14.0. The number of carbonyl (C=O) groups is 1. The Labute approximate surface area is 117 Å². The Kier molecular flexibility index (Phi) is 4.54. The number of carboxylic acids is 1. The Morgan fingerprint density at radius 3 is 2.32 bits per heavy atom. The topological polar surface area (TPSA) is 49.3 Å². The van der Waals surface area contributed by atoms with Crippen molar-refractivity contribution >= 4 is 5.97 Å². The van der Waals surface area contributed by atoms with Gasteiger partial charge in [0.25, 0.3) is 0 Å². The highest BCUT2D eigenvalue weighted by molar-refractivity contribution is 5.71. The van der Waals surface area contributed by atoms with Gasteiger partial charge in [-0.3, -0.25) is 4.79 Å². The maximum absolute atomic E-state index is 11.4. The van der Waals surface area contributed by atoms with E-state index in [1.54, 1.807) is 0 Å². The molecule has 19 heavy (non-hydrogen) atoms. The number of rotatable bonds is 3. The number of aliphatic carboxylic acids is 1. The van der Waals surface area contributed by atoms with E-state index in [0.29, 0.717) is 18.0 Å². The SMILES string of the molecule is CC1C(NC2CCCCC2)CCC(C(=O)O)C1(C)C. The van der Waals surface area contributed by atoms with Crippen LogP contribution in [-0.2, 0) is 4.79 Å². The number of hydrogen-bond donors (Lipinski definition) is 2. The predicted octanol–water partition coefficient (Wildman–Crippen LogP) is 3.43. The zero-order valence-electron chi connectivity index (χ0n) is 12.6. The van der Waals surface area contributed by atoms with Crippen molar-refractivity contribution in [2.45, 2.75) is 77.8 Å². The van der Waals surface area contributed by atoms with Crippen molar-refractivity contribution in [2.75, 3.05) is 0 Å². The van der Waals surface area contributed by atoms with Crippen molar-refractivity contribution in [3.8, 4) is 0 Å². The molecule has 2 aliphatic carbocycles. The van der Waals surface area contributed by atoms with E-state index in [1.807, 2.05) is 0 Å². The summed E-state index contributed by atoms with van der Waals surface area (Å²) < 4.78 is 0. The van der Waals surface area contributed by atoms with Crippen LogP contribution in [0.5, 0.6) is 0 Å². The third-order valence-corrected chi connectivity index (χ3v) is 5.79. The molecule has 3 unspecified atom stereocenters. The van der Waals surface area contributed by atoms with Crippen LogP contribution in [0, 0.1) is 17.3 Å². The first-order valence-electron chi connectivity index (χ1n) is 7.91. The minimum absolute atomic E-state index is 0.115. The van der Waals surface area contributed by atoms with Gasteiger partial charge in [-0.2, -0.15) is 0 Å². The fourth-order valence-corrected chi connectivity index (χ4v) is 4.05. The molecule has 3 atom stereocenters. The minimum Gasteiger partial charge on any atom is -0.481 e. The first kappa shape index (κ1) is 14.8. The second kappa shape index (κ2) is 5.82. The van der Waals surface area contributed by atoms with Gasteiger partial charge in [-0.25, -0.2) is 0 Å². The predicted molar refractivity (Wildman–Crippen MR) is 77.1 cm³/mol. The molecular weight excluding hydrogens is 238 g/mol. The van der Waals surface area contributed by atoms with Crippen molar-refractivity contribution in [3.63, 3.8) is 0 Å².